The molecule has 1 N–H and O–H groups in total. The Balaban J connectivity index is 3.64. The normalized spacial score (nSPS) is 12.4. The van der Waals surface area contributed by atoms with Gasteiger partial charge < -0.3 is 5.32 Å². The first-order valence-corrected chi connectivity index (χ1v) is 7.73. The molecule has 0 saturated heterocycles. The van der Waals surface area contributed by atoms with Crippen molar-refractivity contribution in [3.05, 3.63) is 23.3 Å². The molecule has 2 nitrogen and oxygen atoms in total. The number of rotatable bonds is 10. The minimum atomic E-state index is 0.145. The predicted molar refractivity (Wildman–Crippen MR) is 84.3 cm³/mol. The number of hydrogen-bond donors (Lipinski definition) is 1. The lowest BCUT2D eigenvalue weighted by atomic mass is 10.1. The van der Waals surface area contributed by atoms with E-state index in [-0.39, 0.29) is 5.91 Å². The third-order valence-corrected chi connectivity index (χ3v) is 3.16. The first-order chi connectivity index (χ1) is 9.10. The van der Waals surface area contributed by atoms with Crippen LogP contribution in [0.3, 0.4) is 0 Å². The number of amides is 1. The molecule has 0 unspecified atom stereocenters. The summed E-state index contributed by atoms with van der Waals surface area (Å²) in [5, 5.41) is 2.94. The van der Waals surface area contributed by atoms with Gasteiger partial charge in [-0.25, -0.2) is 0 Å². The molecule has 0 heterocycles. The predicted octanol–water partition coefficient (Wildman–Crippen LogP) is 4.80. The van der Waals surface area contributed by atoms with Crippen LogP contribution in [-0.4, -0.2) is 12.5 Å². The third kappa shape index (κ3) is 12.0. The average Bonchev–Trinajstić information content (AvgIpc) is 2.36. The van der Waals surface area contributed by atoms with Crippen LogP contribution < -0.4 is 5.32 Å². The van der Waals surface area contributed by atoms with Gasteiger partial charge in [0.1, 0.15) is 0 Å². The molecule has 0 spiro atoms. The lowest BCUT2D eigenvalue weighted by Gasteiger charge is -2.06. The van der Waals surface area contributed by atoms with E-state index in [1.807, 2.05) is 0 Å². The lowest BCUT2D eigenvalue weighted by molar-refractivity contribution is -0.121. The molecule has 1 amide bonds. The van der Waals surface area contributed by atoms with Crippen LogP contribution in [0.25, 0.3) is 0 Å². The van der Waals surface area contributed by atoms with E-state index in [1.54, 1.807) is 5.54 Å². The highest BCUT2D eigenvalue weighted by molar-refractivity contribution is 6.25. The fraction of sp³-hybridized carbons (Fsp3) is 0.688. The minimum Gasteiger partial charge on any atom is -0.356 e. The summed E-state index contributed by atoms with van der Waals surface area (Å²) < 4.78 is 0. The Bertz CT molecular complexity index is 295. The molecule has 0 aromatic carbocycles. The molecular weight excluding hydrogens is 258 g/mol. The maximum Gasteiger partial charge on any atom is 0.220 e. The minimum absolute atomic E-state index is 0.145. The number of hydrogen-bond acceptors (Lipinski definition) is 1. The maximum absolute atomic E-state index is 11.5. The molecule has 0 fully saturated rings. The van der Waals surface area contributed by atoms with Crippen LogP contribution >= 0.6 is 11.6 Å². The second kappa shape index (κ2) is 12.3. The van der Waals surface area contributed by atoms with Crippen molar-refractivity contribution in [2.24, 2.45) is 5.92 Å². The summed E-state index contributed by atoms with van der Waals surface area (Å²) in [4.78, 5) is 11.5. The van der Waals surface area contributed by atoms with Gasteiger partial charge in [0.2, 0.25) is 5.91 Å². The molecule has 19 heavy (non-hydrogen) atoms. The first kappa shape index (κ1) is 18.2. The zero-order chi connectivity index (χ0) is 14.5. The standard InChI is InChI=1S/C16H28ClNO/c1-4-8-15(13-17)9-6-5-7-10-16(19)18-12-11-14(2)3/h5-6,13-14H,4,7-12H2,1-3H3,(H,18,19)/b6-5+,15-13+. The van der Waals surface area contributed by atoms with Gasteiger partial charge in [0.15, 0.2) is 0 Å². The van der Waals surface area contributed by atoms with Crippen molar-refractivity contribution in [2.45, 2.75) is 59.3 Å². The SMILES string of the molecule is CCC/C(=C\Cl)C/C=C/CCC(=O)NCCC(C)C. The molecule has 0 aromatic heterocycles. The van der Waals surface area contributed by atoms with Crippen LogP contribution in [0.5, 0.6) is 0 Å². The molecule has 0 atom stereocenters. The van der Waals surface area contributed by atoms with E-state index in [2.05, 4.69) is 38.2 Å². The van der Waals surface area contributed by atoms with E-state index in [4.69, 9.17) is 11.6 Å². The Labute approximate surface area is 123 Å². The molecule has 110 valence electrons. The van der Waals surface area contributed by atoms with Crippen LogP contribution in [-0.2, 0) is 4.79 Å². The summed E-state index contributed by atoms with van der Waals surface area (Å²) in [5.74, 6) is 0.784. The van der Waals surface area contributed by atoms with Crippen LogP contribution in [0.4, 0.5) is 0 Å². The van der Waals surface area contributed by atoms with E-state index >= 15 is 0 Å². The molecule has 0 aliphatic rings. The summed E-state index contributed by atoms with van der Waals surface area (Å²) >= 11 is 5.73. The van der Waals surface area contributed by atoms with Crippen LogP contribution in [0, 0.1) is 5.92 Å². The second-order valence-corrected chi connectivity index (χ2v) is 5.48. The summed E-state index contributed by atoms with van der Waals surface area (Å²) in [6.07, 6.45) is 9.64. The summed E-state index contributed by atoms with van der Waals surface area (Å²) in [7, 11) is 0. The van der Waals surface area contributed by atoms with Gasteiger partial charge in [-0.15, -0.1) is 0 Å². The maximum atomic E-state index is 11.5. The summed E-state index contributed by atoms with van der Waals surface area (Å²) in [6.45, 7) is 7.25. The smallest absolute Gasteiger partial charge is 0.220 e. The van der Waals surface area contributed by atoms with Crippen LogP contribution in [0.2, 0.25) is 0 Å². The van der Waals surface area contributed by atoms with Crippen molar-refractivity contribution in [1.82, 2.24) is 5.32 Å². The lowest BCUT2D eigenvalue weighted by Crippen LogP contribution is -2.24. The molecule has 0 aliphatic heterocycles. The highest BCUT2D eigenvalue weighted by Crippen LogP contribution is 2.11. The van der Waals surface area contributed by atoms with Gasteiger partial charge in [-0.05, 0) is 31.6 Å². The Hall–Kier alpha value is -0.760. The number of carbonyl (C=O) groups excluding carboxylic acids is 1. The van der Waals surface area contributed by atoms with E-state index in [0.717, 1.165) is 38.6 Å². The van der Waals surface area contributed by atoms with Gasteiger partial charge >= 0.3 is 0 Å². The Morgan fingerprint density at radius 2 is 2.00 bits per heavy atom. The first-order valence-electron chi connectivity index (χ1n) is 7.30. The van der Waals surface area contributed by atoms with E-state index in [0.29, 0.717) is 12.3 Å². The van der Waals surface area contributed by atoms with Crippen molar-refractivity contribution in [2.75, 3.05) is 6.54 Å². The Morgan fingerprint density at radius 3 is 2.58 bits per heavy atom. The molecular formula is C16H28ClNO. The van der Waals surface area contributed by atoms with Crippen LogP contribution in [0.15, 0.2) is 23.3 Å². The molecule has 3 heteroatoms. The zero-order valence-corrected chi connectivity index (χ0v) is 13.3. The average molecular weight is 286 g/mol. The number of carbonyl (C=O) groups is 1. The third-order valence-electron chi connectivity index (χ3n) is 2.85. The van der Waals surface area contributed by atoms with Gasteiger partial charge in [0.25, 0.3) is 0 Å². The van der Waals surface area contributed by atoms with Crippen LogP contribution in [0.1, 0.15) is 59.3 Å². The zero-order valence-electron chi connectivity index (χ0n) is 12.5. The molecule has 0 aliphatic carbocycles. The summed E-state index contributed by atoms with van der Waals surface area (Å²) in [5.41, 5.74) is 2.92. The fourth-order valence-corrected chi connectivity index (χ4v) is 1.88. The van der Waals surface area contributed by atoms with Crippen molar-refractivity contribution in [1.29, 1.82) is 0 Å². The topological polar surface area (TPSA) is 29.1 Å². The number of nitrogens with one attached hydrogen (secondary N) is 1. The molecule has 0 rings (SSSR count). The fourth-order valence-electron chi connectivity index (χ4n) is 1.68. The van der Waals surface area contributed by atoms with Crippen molar-refractivity contribution in [3.8, 4) is 0 Å². The Kier molecular flexibility index (Phi) is 11.8. The highest BCUT2D eigenvalue weighted by Gasteiger charge is 1.99. The molecule has 0 aromatic rings. The quantitative estimate of drug-likeness (QED) is 0.574. The van der Waals surface area contributed by atoms with Gasteiger partial charge in [-0.3, -0.25) is 4.79 Å². The van der Waals surface area contributed by atoms with Gasteiger partial charge in [-0.2, -0.15) is 0 Å². The van der Waals surface area contributed by atoms with E-state index in [9.17, 15) is 4.79 Å². The molecule has 0 bridgehead atoms. The summed E-state index contributed by atoms with van der Waals surface area (Å²) in [6, 6.07) is 0. The highest BCUT2D eigenvalue weighted by atomic mass is 35.5. The van der Waals surface area contributed by atoms with E-state index in [1.165, 1.54) is 5.57 Å². The van der Waals surface area contributed by atoms with Gasteiger partial charge in [0, 0.05) is 18.5 Å². The number of halogens is 1. The van der Waals surface area contributed by atoms with E-state index < -0.39 is 0 Å². The van der Waals surface area contributed by atoms with Crippen molar-refractivity contribution in [3.63, 3.8) is 0 Å². The largest absolute Gasteiger partial charge is 0.356 e. The van der Waals surface area contributed by atoms with Crippen molar-refractivity contribution >= 4 is 17.5 Å². The Morgan fingerprint density at radius 1 is 1.26 bits per heavy atom. The van der Waals surface area contributed by atoms with Crippen molar-refractivity contribution < 1.29 is 4.79 Å². The van der Waals surface area contributed by atoms with Gasteiger partial charge in [0.05, 0.1) is 0 Å². The second-order valence-electron chi connectivity index (χ2n) is 5.26. The number of allylic oxidation sites excluding steroid dienone is 3. The monoisotopic (exact) mass is 285 g/mol. The van der Waals surface area contributed by atoms with Gasteiger partial charge in [-0.1, -0.05) is 56.5 Å². The molecule has 0 radical (unpaired) electrons. The molecule has 0 saturated carbocycles.